The lowest BCUT2D eigenvalue weighted by molar-refractivity contribution is 0.435. The van der Waals surface area contributed by atoms with E-state index in [2.05, 4.69) is 77.6 Å². The molecule has 0 aromatic heterocycles. The Morgan fingerprint density at radius 2 is 2.05 bits per heavy atom. The Bertz CT molecular complexity index is 635. The van der Waals surface area contributed by atoms with Crippen molar-refractivity contribution < 1.29 is 0 Å². The second kappa shape index (κ2) is 6.33. The van der Waals surface area contributed by atoms with Crippen molar-refractivity contribution in [2.45, 2.75) is 38.6 Å². The van der Waals surface area contributed by atoms with Crippen LogP contribution in [0.15, 0.2) is 46.9 Å². The van der Waals surface area contributed by atoms with Gasteiger partial charge in [-0.1, -0.05) is 59.3 Å². The Morgan fingerprint density at radius 1 is 1.24 bits per heavy atom. The van der Waals surface area contributed by atoms with Gasteiger partial charge in [-0.05, 0) is 60.5 Å². The van der Waals surface area contributed by atoms with Crippen molar-refractivity contribution in [2.24, 2.45) is 0 Å². The van der Waals surface area contributed by atoms with Gasteiger partial charge in [-0.3, -0.25) is 0 Å². The molecular formula is C19H22BrN. The number of fused-ring (bicyclic) bond motifs is 1. The minimum Gasteiger partial charge on any atom is -0.310 e. The Kier molecular flexibility index (Phi) is 4.46. The maximum atomic E-state index is 3.74. The average Bonchev–Trinajstić information content (AvgIpc) is 2.44. The molecule has 0 saturated carbocycles. The van der Waals surface area contributed by atoms with Crippen molar-refractivity contribution in [1.29, 1.82) is 0 Å². The highest BCUT2D eigenvalue weighted by atomic mass is 79.9. The Balaban J connectivity index is 1.80. The Labute approximate surface area is 135 Å². The zero-order valence-electron chi connectivity index (χ0n) is 12.7. The van der Waals surface area contributed by atoms with Crippen LogP contribution < -0.4 is 5.32 Å². The lowest BCUT2D eigenvalue weighted by Crippen LogP contribution is -2.27. The normalized spacial score (nSPS) is 18.0. The molecule has 110 valence electrons. The lowest BCUT2D eigenvalue weighted by Gasteiger charge is -2.34. The number of aryl methyl sites for hydroxylation is 1. The highest BCUT2D eigenvalue weighted by Crippen LogP contribution is 2.41. The first-order valence-corrected chi connectivity index (χ1v) is 8.55. The van der Waals surface area contributed by atoms with E-state index in [1.165, 1.54) is 34.0 Å². The molecule has 3 rings (SSSR count). The van der Waals surface area contributed by atoms with E-state index in [4.69, 9.17) is 0 Å². The molecule has 2 heteroatoms. The molecule has 1 aliphatic carbocycles. The average molecular weight is 344 g/mol. The van der Waals surface area contributed by atoms with Crippen LogP contribution in [0.5, 0.6) is 0 Å². The number of hydrogen-bond acceptors (Lipinski definition) is 1. The van der Waals surface area contributed by atoms with Gasteiger partial charge in [0.1, 0.15) is 0 Å². The highest BCUT2D eigenvalue weighted by molar-refractivity contribution is 9.10. The van der Waals surface area contributed by atoms with E-state index in [1.807, 2.05) is 0 Å². The van der Waals surface area contributed by atoms with Crippen molar-refractivity contribution in [1.82, 2.24) is 5.32 Å². The van der Waals surface area contributed by atoms with Gasteiger partial charge in [-0.2, -0.15) is 0 Å². The van der Waals surface area contributed by atoms with Crippen LogP contribution in [-0.2, 0) is 6.42 Å². The van der Waals surface area contributed by atoms with Gasteiger partial charge in [-0.25, -0.2) is 0 Å². The summed E-state index contributed by atoms with van der Waals surface area (Å²) in [7, 11) is 0. The third-order valence-electron chi connectivity index (χ3n) is 4.46. The van der Waals surface area contributed by atoms with E-state index in [9.17, 15) is 0 Å². The van der Waals surface area contributed by atoms with Gasteiger partial charge in [0.05, 0.1) is 0 Å². The minimum atomic E-state index is 0.420. The maximum absolute atomic E-state index is 3.74. The molecule has 1 nitrogen and oxygen atoms in total. The van der Waals surface area contributed by atoms with Gasteiger partial charge in [0.2, 0.25) is 0 Å². The number of halogens is 1. The van der Waals surface area contributed by atoms with E-state index in [1.54, 1.807) is 5.56 Å². The summed E-state index contributed by atoms with van der Waals surface area (Å²) in [5.74, 6) is 0.693. The fourth-order valence-corrected chi connectivity index (χ4v) is 4.11. The van der Waals surface area contributed by atoms with Gasteiger partial charge in [0.25, 0.3) is 0 Å². The summed E-state index contributed by atoms with van der Waals surface area (Å²) in [5.41, 5.74) is 5.76. The SMILES string of the molecule is CCNC(CC1Cc2ccccc21)c1ccc(C)cc1Br. The second-order valence-electron chi connectivity index (χ2n) is 5.97. The number of nitrogens with one attached hydrogen (secondary N) is 1. The first kappa shape index (κ1) is 14.8. The molecule has 2 unspecified atom stereocenters. The summed E-state index contributed by atoms with van der Waals surface area (Å²) >= 11 is 3.74. The van der Waals surface area contributed by atoms with Gasteiger partial charge in [-0.15, -0.1) is 0 Å². The molecule has 0 bridgehead atoms. The smallest absolute Gasteiger partial charge is 0.0337 e. The molecule has 0 spiro atoms. The van der Waals surface area contributed by atoms with Gasteiger partial charge in [0, 0.05) is 10.5 Å². The largest absolute Gasteiger partial charge is 0.310 e. The number of hydrogen-bond donors (Lipinski definition) is 1. The number of benzene rings is 2. The molecule has 0 fully saturated rings. The van der Waals surface area contributed by atoms with E-state index in [0.29, 0.717) is 12.0 Å². The molecule has 1 N–H and O–H groups in total. The summed E-state index contributed by atoms with van der Waals surface area (Å²) < 4.78 is 1.22. The zero-order valence-corrected chi connectivity index (χ0v) is 14.3. The van der Waals surface area contributed by atoms with Gasteiger partial charge in [0.15, 0.2) is 0 Å². The summed E-state index contributed by atoms with van der Waals surface area (Å²) in [6.07, 6.45) is 2.40. The minimum absolute atomic E-state index is 0.420. The summed E-state index contributed by atoms with van der Waals surface area (Å²) in [5, 5.41) is 3.66. The van der Waals surface area contributed by atoms with Crippen molar-refractivity contribution in [2.75, 3.05) is 6.54 Å². The molecule has 2 aromatic carbocycles. The van der Waals surface area contributed by atoms with Crippen LogP contribution in [0.1, 0.15) is 47.6 Å². The standard InChI is InChI=1S/C19H22BrN/c1-3-21-19(17-9-8-13(2)10-18(17)20)12-15-11-14-6-4-5-7-16(14)15/h4-10,15,19,21H,3,11-12H2,1-2H3. The van der Waals surface area contributed by atoms with Crippen molar-refractivity contribution in [3.05, 3.63) is 69.2 Å². The molecule has 0 heterocycles. The van der Waals surface area contributed by atoms with E-state index < -0.39 is 0 Å². The first-order chi connectivity index (χ1) is 10.2. The van der Waals surface area contributed by atoms with E-state index >= 15 is 0 Å². The summed E-state index contributed by atoms with van der Waals surface area (Å²) in [4.78, 5) is 0. The molecule has 0 amide bonds. The van der Waals surface area contributed by atoms with Gasteiger partial charge < -0.3 is 5.32 Å². The third kappa shape index (κ3) is 3.07. The predicted molar refractivity (Wildman–Crippen MR) is 92.8 cm³/mol. The molecule has 21 heavy (non-hydrogen) atoms. The molecule has 0 aliphatic heterocycles. The molecule has 2 aromatic rings. The molecular weight excluding hydrogens is 322 g/mol. The topological polar surface area (TPSA) is 12.0 Å². The molecule has 1 aliphatic rings. The van der Waals surface area contributed by atoms with Crippen LogP contribution in [-0.4, -0.2) is 6.54 Å². The van der Waals surface area contributed by atoms with E-state index in [-0.39, 0.29) is 0 Å². The Hall–Kier alpha value is -1.12. The summed E-state index contributed by atoms with van der Waals surface area (Å²) in [6.45, 7) is 5.32. The monoisotopic (exact) mass is 343 g/mol. The molecule has 0 radical (unpaired) electrons. The van der Waals surface area contributed by atoms with Crippen LogP contribution >= 0.6 is 15.9 Å². The fourth-order valence-electron chi connectivity index (χ4n) is 3.34. The van der Waals surface area contributed by atoms with Crippen molar-refractivity contribution in [3.63, 3.8) is 0 Å². The maximum Gasteiger partial charge on any atom is 0.0337 e. The predicted octanol–water partition coefficient (Wildman–Crippen LogP) is 5.14. The van der Waals surface area contributed by atoms with Gasteiger partial charge >= 0.3 is 0 Å². The quantitative estimate of drug-likeness (QED) is 0.792. The van der Waals surface area contributed by atoms with Crippen molar-refractivity contribution >= 4 is 15.9 Å². The highest BCUT2D eigenvalue weighted by Gasteiger charge is 2.28. The van der Waals surface area contributed by atoms with E-state index in [0.717, 1.165) is 6.54 Å². The second-order valence-corrected chi connectivity index (χ2v) is 6.83. The van der Waals surface area contributed by atoms with Crippen LogP contribution in [0.2, 0.25) is 0 Å². The van der Waals surface area contributed by atoms with Crippen LogP contribution in [0.25, 0.3) is 0 Å². The van der Waals surface area contributed by atoms with Crippen molar-refractivity contribution in [3.8, 4) is 0 Å². The summed E-state index contributed by atoms with van der Waals surface area (Å²) in [6, 6.07) is 16.0. The lowest BCUT2D eigenvalue weighted by atomic mass is 9.74. The molecule has 0 saturated heterocycles. The van der Waals surface area contributed by atoms with Crippen LogP contribution in [0.3, 0.4) is 0 Å². The van der Waals surface area contributed by atoms with Crippen LogP contribution in [0.4, 0.5) is 0 Å². The fraction of sp³-hybridized carbons (Fsp3) is 0.368. The number of rotatable bonds is 5. The third-order valence-corrected chi connectivity index (χ3v) is 5.15. The first-order valence-electron chi connectivity index (χ1n) is 7.76. The zero-order chi connectivity index (χ0) is 14.8. The Morgan fingerprint density at radius 3 is 2.76 bits per heavy atom. The van der Waals surface area contributed by atoms with Crippen LogP contribution in [0, 0.1) is 6.92 Å². The molecule has 2 atom stereocenters.